The van der Waals surface area contributed by atoms with Crippen LogP contribution in [0, 0.1) is 11.3 Å². The van der Waals surface area contributed by atoms with Crippen molar-refractivity contribution in [2.24, 2.45) is 0 Å². The van der Waals surface area contributed by atoms with Crippen molar-refractivity contribution in [3.8, 4) is 22.5 Å². The predicted octanol–water partition coefficient (Wildman–Crippen LogP) is 3.04. The molecule has 0 bridgehead atoms. The number of nitrogens with zero attached hydrogens (tertiary/aromatic N) is 2. The first-order valence-electron chi connectivity index (χ1n) is 4.05. The molecule has 0 fully saturated rings. The Morgan fingerprint density at radius 3 is 2.87 bits per heavy atom. The largest absolute Gasteiger partial charge is 0.493 e. The maximum Gasteiger partial charge on any atom is 0.222 e. The fourth-order valence-electron chi connectivity index (χ4n) is 1.14. The molecule has 0 atom stereocenters. The molecule has 0 aliphatic rings. The summed E-state index contributed by atoms with van der Waals surface area (Å²) in [6.07, 6.45) is 0. The lowest BCUT2D eigenvalue weighted by Gasteiger charge is -1.98. The number of aromatic nitrogens is 1. The Morgan fingerprint density at radius 2 is 2.27 bits per heavy atom. The van der Waals surface area contributed by atoms with Gasteiger partial charge in [0.05, 0.1) is 16.0 Å². The number of rotatable bonds is 1. The molecule has 0 radical (unpaired) electrons. The van der Waals surface area contributed by atoms with Gasteiger partial charge in [-0.15, -0.1) is 11.3 Å². The molecule has 0 amide bonds. The minimum Gasteiger partial charge on any atom is -0.493 e. The van der Waals surface area contributed by atoms with E-state index in [-0.39, 0.29) is 5.88 Å². The maximum atomic E-state index is 9.10. The van der Waals surface area contributed by atoms with Gasteiger partial charge in [-0.05, 0) is 12.1 Å². The Labute approximate surface area is 95.2 Å². The average Bonchev–Trinajstić information content (AvgIpc) is 2.66. The first-order valence-corrected chi connectivity index (χ1v) is 5.31. The monoisotopic (exact) mass is 236 g/mol. The summed E-state index contributed by atoms with van der Waals surface area (Å²) in [6.45, 7) is 0. The number of thiazole rings is 1. The van der Waals surface area contributed by atoms with E-state index < -0.39 is 0 Å². The summed E-state index contributed by atoms with van der Waals surface area (Å²) >= 11 is 7.11. The number of hydrogen-bond donors (Lipinski definition) is 1. The zero-order valence-electron chi connectivity index (χ0n) is 7.44. The van der Waals surface area contributed by atoms with Crippen molar-refractivity contribution in [2.75, 3.05) is 0 Å². The Balaban J connectivity index is 2.51. The number of halogens is 1. The van der Waals surface area contributed by atoms with Gasteiger partial charge in [-0.25, -0.2) is 4.98 Å². The summed E-state index contributed by atoms with van der Waals surface area (Å²) in [5, 5.41) is 20.5. The van der Waals surface area contributed by atoms with E-state index in [1.165, 1.54) is 16.7 Å². The lowest BCUT2D eigenvalue weighted by molar-refractivity contribution is 0.458. The standard InChI is InChI=1S/C10H5ClN2OS/c11-8-2-1-6(3-7(8)4-12)10-13-9(14)5-15-10/h1-3,5,14H. The van der Waals surface area contributed by atoms with Crippen LogP contribution in [0.2, 0.25) is 5.02 Å². The molecule has 74 valence electrons. The van der Waals surface area contributed by atoms with Crippen molar-refractivity contribution in [1.82, 2.24) is 4.98 Å². The molecule has 15 heavy (non-hydrogen) atoms. The second-order valence-corrected chi connectivity index (χ2v) is 4.08. The van der Waals surface area contributed by atoms with E-state index in [0.717, 1.165) is 5.56 Å². The summed E-state index contributed by atoms with van der Waals surface area (Å²) in [4.78, 5) is 3.91. The third kappa shape index (κ3) is 1.94. The normalized spacial score (nSPS) is 9.87. The molecule has 0 unspecified atom stereocenters. The highest BCUT2D eigenvalue weighted by Gasteiger charge is 2.06. The highest BCUT2D eigenvalue weighted by Crippen LogP contribution is 2.28. The molecule has 5 heteroatoms. The van der Waals surface area contributed by atoms with Crippen LogP contribution in [-0.4, -0.2) is 10.1 Å². The average molecular weight is 237 g/mol. The topological polar surface area (TPSA) is 56.9 Å². The van der Waals surface area contributed by atoms with Crippen LogP contribution in [0.3, 0.4) is 0 Å². The first-order chi connectivity index (χ1) is 7.20. The predicted molar refractivity (Wildman–Crippen MR) is 58.9 cm³/mol. The molecule has 0 saturated carbocycles. The SMILES string of the molecule is N#Cc1cc(-c2nc(O)cs2)ccc1Cl. The second-order valence-electron chi connectivity index (χ2n) is 2.82. The van der Waals surface area contributed by atoms with Crippen LogP contribution < -0.4 is 0 Å². The summed E-state index contributed by atoms with van der Waals surface area (Å²) in [7, 11) is 0. The summed E-state index contributed by atoms with van der Waals surface area (Å²) in [5.74, 6) is -0.0107. The molecule has 3 nitrogen and oxygen atoms in total. The maximum absolute atomic E-state index is 9.10. The van der Waals surface area contributed by atoms with Gasteiger partial charge in [-0.2, -0.15) is 5.26 Å². The number of aromatic hydroxyl groups is 1. The van der Waals surface area contributed by atoms with Gasteiger partial charge in [0.25, 0.3) is 0 Å². The van der Waals surface area contributed by atoms with E-state index in [9.17, 15) is 0 Å². The molecule has 0 aliphatic heterocycles. The van der Waals surface area contributed by atoms with E-state index >= 15 is 0 Å². The van der Waals surface area contributed by atoms with E-state index in [2.05, 4.69) is 4.98 Å². The van der Waals surface area contributed by atoms with Crippen LogP contribution in [0.4, 0.5) is 0 Å². The van der Waals surface area contributed by atoms with Crippen LogP contribution in [-0.2, 0) is 0 Å². The van der Waals surface area contributed by atoms with Gasteiger partial charge in [-0.1, -0.05) is 17.7 Å². The van der Waals surface area contributed by atoms with E-state index in [4.69, 9.17) is 22.0 Å². The van der Waals surface area contributed by atoms with Crippen LogP contribution in [0.15, 0.2) is 23.6 Å². The zero-order chi connectivity index (χ0) is 10.8. The van der Waals surface area contributed by atoms with Crippen molar-refractivity contribution in [3.63, 3.8) is 0 Å². The number of nitriles is 1. The molecule has 0 aliphatic carbocycles. The van der Waals surface area contributed by atoms with E-state index in [1.54, 1.807) is 18.2 Å². The molecule has 1 aromatic heterocycles. The fourth-order valence-corrected chi connectivity index (χ4v) is 1.98. The quantitative estimate of drug-likeness (QED) is 0.828. The van der Waals surface area contributed by atoms with Gasteiger partial charge in [-0.3, -0.25) is 0 Å². The van der Waals surface area contributed by atoms with Gasteiger partial charge in [0.2, 0.25) is 5.88 Å². The van der Waals surface area contributed by atoms with Crippen molar-refractivity contribution < 1.29 is 5.11 Å². The third-order valence-corrected chi connectivity index (χ3v) is 3.03. The molecular weight excluding hydrogens is 232 g/mol. The third-order valence-electron chi connectivity index (χ3n) is 1.83. The van der Waals surface area contributed by atoms with Gasteiger partial charge < -0.3 is 5.11 Å². The van der Waals surface area contributed by atoms with Crippen LogP contribution in [0.5, 0.6) is 5.88 Å². The lowest BCUT2D eigenvalue weighted by atomic mass is 10.1. The molecule has 1 N–H and O–H groups in total. The van der Waals surface area contributed by atoms with Crippen molar-refractivity contribution >= 4 is 22.9 Å². The van der Waals surface area contributed by atoms with Crippen molar-refractivity contribution in [1.29, 1.82) is 5.26 Å². The van der Waals surface area contributed by atoms with Gasteiger partial charge >= 0.3 is 0 Å². The van der Waals surface area contributed by atoms with Crippen LogP contribution >= 0.6 is 22.9 Å². The molecule has 1 heterocycles. The Kier molecular flexibility index (Phi) is 2.58. The van der Waals surface area contributed by atoms with Gasteiger partial charge in [0.15, 0.2) is 0 Å². The molecule has 1 aromatic carbocycles. The Hall–Kier alpha value is -1.57. The zero-order valence-corrected chi connectivity index (χ0v) is 9.01. The van der Waals surface area contributed by atoms with Crippen molar-refractivity contribution in [2.45, 2.75) is 0 Å². The molecule has 2 aromatic rings. The molecular formula is C10H5ClN2OS. The molecule has 0 saturated heterocycles. The first kappa shape index (κ1) is 9.97. The number of benzene rings is 1. The molecule has 0 spiro atoms. The Morgan fingerprint density at radius 1 is 1.47 bits per heavy atom. The minimum absolute atomic E-state index is 0.0107. The summed E-state index contributed by atoms with van der Waals surface area (Å²) < 4.78 is 0. The summed E-state index contributed by atoms with van der Waals surface area (Å²) in [6, 6.07) is 7.06. The van der Waals surface area contributed by atoms with Crippen LogP contribution in [0.25, 0.3) is 10.6 Å². The van der Waals surface area contributed by atoms with E-state index in [0.29, 0.717) is 15.6 Å². The van der Waals surface area contributed by atoms with Crippen molar-refractivity contribution in [3.05, 3.63) is 34.2 Å². The minimum atomic E-state index is -0.0107. The summed E-state index contributed by atoms with van der Waals surface area (Å²) in [5.41, 5.74) is 1.19. The second kappa shape index (κ2) is 3.89. The highest BCUT2D eigenvalue weighted by atomic mass is 35.5. The molecule has 2 rings (SSSR count). The Bertz CT molecular complexity index is 545. The van der Waals surface area contributed by atoms with Gasteiger partial charge in [0.1, 0.15) is 11.1 Å². The smallest absolute Gasteiger partial charge is 0.222 e. The fraction of sp³-hybridized carbons (Fsp3) is 0. The van der Waals surface area contributed by atoms with E-state index in [1.807, 2.05) is 6.07 Å². The van der Waals surface area contributed by atoms with Crippen LogP contribution in [0.1, 0.15) is 5.56 Å². The lowest BCUT2D eigenvalue weighted by Crippen LogP contribution is -1.80. The number of hydrogen-bond acceptors (Lipinski definition) is 4. The van der Waals surface area contributed by atoms with Gasteiger partial charge in [0, 0.05) is 5.56 Å². The highest BCUT2D eigenvalue weighted by molar-refractivity contribution is 7.13.